The van der Waals surface area contributed by atoms with Crippen molar-refractivity contribution in [2.75, 3.05) is 5.88 Å². The third-order valence-corrected chi connectivity index (χ3v) is 3.11. The van der Waals surface area contributed by atoms with Gasteiger partial charge in [-0.05, 0) is 47.5 Å². The number of halogens is 3. The van der Waals surface area contributed by atoms with Crippen LogP contribution in [0.25, 0.3) is 0 Å². The molecule has 2 rings (SSSR count). The van der Waals surface area contributed by atoms with E-state index in [1.807, 2.05) is 0 Å². The number of aromatic hydroxyl groups is 2. The van der Waals surface area contributed by atoms with Crippen LogP contribution >= 0.6 is 34.8 Å². The summed E-state index contributed by atoms with van der Waals surface area (Å²) in [5.74, 6) is 0.391. The molecule has 0 spiro atoms. The Kier molecular flexibility index (Phi) is 7.18. The summed E-state index contributed by atoms with van der Waals surface area (Å²) in [6, 6.07) is 11.3. The van der Waals surface area contributed by atoms with Gasteiger partial charge in [-0.1, -0.05) is 23.2 Å². The van der Waals surface area contributed by atoms with Gasteiger partial charge in [-0.3, -0.25) is 0 Å². The first-order valence-electron chi connectivity index (χ1n) is 5.85. The minimum absolute atomic E-state index is 0.0972. The van der Waals surface area contributed by atoms with Crippen LogP contribution in [0.3, 0.4) is 0 Å². The summed E-state index contributed by atoms with van der Waals surface area (Å²) in [6.45, 7) is 0. The van der Waals surface area contributed by atoms with Crippen molar-refractivity contribution in [3.05, 3.63) is 57.6 Å². The van der Waals surface area contributed by atoms with Crippen molar-refractivity contribution in [2.45, 2.75) is 6.42 Å². The van der Waals surface area contributed by atoms with E-state index in [1.165, 1.54) is 12.1 Å². The molecule has 0 saturated carbocycles. The number of rotatable bonds is 2. The highest BCUT2D eigenvalue weighted by molar-refractivity contribution is 6.31. The van der Waals surface area contributed by atoms with E-state index in [-0.39, 0.29) is 17.4 Å². The summed E-state index contributed by atoms with van der Waals surface area (Å²) in [6.07, 6.45) is 0.374. The lowest BCUT2D eigenvalue weighted by Crippen LogP contribution is -1.90. The SMILES string of the molecule is N#CCCl.Oc1ccc(Cl)cc1Cc1cc(Cl)ccc1O. The van der Waals surface area contributed by atoms with Crippen molar-refractivity contribution in [3.63, 3.8) is 0 Å². The Hall–Kier alpha value is -1.60. The van der Waals surface area contributed by atoms with E-state index in [2.05, 4.69) is 0 Å². The molecular weight excluding hydrogens is 333 g/mol. The van der Waals surface area contributed by atoms with E-state index in [0.717, 1.165) is 0 Å². The molecule has 21 heavy (non-hydrogen) atoms. The second-order valence-electron chi connectivity index (χ2n) is 4.01. The van der Waals surface area contributed by atoms with Crippen molar-refractivity contribution in [1.29, 1.82) is 5.26 Å². The maximum absolute atomic E-state index is 9.68. The van der Waals surface area contributed by atoms with Crippen LogP contribution in [-0.2, 0) is 6.42 Å². The van der Waals surface area contributed by atoms with Crippen molar-refractivity contribution in [3.8, 4) is 17.6 Å². The maximum atomic E-state index is 9.68. The third kappa shape index (κ3) is 5.73. The largest absolute Gasteiger partial charge is 0.508 e. The van der Waals surface area contributed by atoms with Gasteiger partial charge in [0.1, 0.15) is 17.4 Å². The lowest BCUT2D eigenvalue weighted by atomic mass is 10.0. The van der Waals surface area contributed by atoms with Crippen LogP contribution in [0.2, 0.25) is 10.0 Å². The Balaban J connectivity index is 0.000000491. The fourth-order valence-electron chi connectivity index (χ4n) is 1.60. The zero-order valence-corrected chi connectivity index (χ0v) is 13.1. The molecule has 0 aliphatic carbocycles. The molecule has 0 aliphatic rings. The van der Waals surface area contributed by atoms with E-state index in [0.29, 0.717) is 27.6 Å². The Labute approximate surface area is 137 Å². The maximum Gasteiger partial charge on any atom is 0.119 e. The van der Waals surface area contributed by atoms with Gasteiger partial charge in [0.15, 0.2) is 0 Å². The smallest absolute Gasteiger partial charge is 0.119 e. The zero-order chi connectivity index (χ0) is 15.8. The molecule has 0 unspecified atom stereocenters. The zero-order valence-electron chi connectivity index (χ0n) is 10.9. The number of hydrogen-bond donors (Lipinski definition) is 2. The highest BCUT2D eigenvalue weighted by Gasteiger charge is 2.07. The van der Waals surface area contributed by atoms with Crippen LogP contribution in [-0.4, -0.2) is 16.1 Å². The number of phenols is 2. The van der Waals surface area contributed by atoms with Crippen molar-refractivity contribution in [1.82, 2.24) is 0 Å². The number of hydrogen-bond acceptors (Lipinski definition) is 3. The first-order valence-corrected chi connectivity index (χ1v) is 7.14. The van der Waals surface area contributed by atoms with Crippen LogP contribution in [0.15, 0.2) is 36.4 Å². The van der Waals surface area contributed by atoms with Crippen molar-refractivity contribution < 1.29 is 10.2 Å². The molecule has 0 aliphatic heterocycles. The van der Waals surface area contributed by atoms with E-state index in [9.17, 15) is 10.2 Å². The molecule has 0 heterocycles. The van der Waals surface area contributed by atoms with Crippen LogP contribution < -0.4 is 0 Å². The molecule has 2 N–H and O–H groups in total. The molecule has 0 saturated heterocycles. The molecule has 6 heteroatoms. The Morgan fingerprint density at radius 1 is 0.905 bits per heavy atom. The number of phenolic OH excluding ortho intramolecular Hbond substituents is 2. The predicted molar refractivity (Wildman–Crippen MR) is 85.4 cm³/mol. The summed E-state index contributed by atoms with van der Waals surface area (Å²) < 4.78 is 0. The van der Waals surface area contributed by atoms with Gasteiger partial charge in [-0.15, -0.1) is 11.6 Å². The molecule has 0 bridgehead atoms. The van der Waals surface area contributed by atoms with Gasteiger partial charge in [0.25, 0.3) is 0 Å². The Morgan fingerprint density at radius 2 is 1.29 bits per heavy atom. The molecule has 0 amide bonds. The Bertz CT molecular complexity index is 604. The Morgan fingerprint density at radius 3 is 1.62 bits per heavy atom. The highest BCUT2D eigenvalue weighted by Crippen LogP contribution is 2.29. The van der Waals surface area contributed by atoms with E-state index in [1.54, 1.807) is 30.3 Å². The number of alkyl halides is 1. The molecule has 110 valence electrons. The fraction of sp³-hybridized carbons (Fsp3) is 0.133. The lowest BCUT2D eigenvalue weighted by Gasteiger charge is -2.07. The summed E-state index contributed by atoms with van der Waals surface area (Å²) in [5.41, 5.74) is 1.30. The summed E-state index contributed by atoms with van der Waals surface area (Å²) in [7, 11) is 0. The molecule has 0 aromatic heterocycles. The molecule has 0 radical (unpaired) electrons. The van der Waals surface area contributed by atoms with Crippen molar-refractivity contribution >= 4 is 34.8 Å². The van der Waals surface area contributed by atoms with Gasteiger partial charge < -0.3 is 10.2 Å². The van der Waals surface area contributed by atoms with Crippen LogP contribution in [0, 0.1) is 11.3 Å². The number of nitriles is 1. The highest BCUT2D eigenvalue weighted by atomic mass is 35.5. The van der Waals surface area contributed by atoms with Gasteiger partial charge in [-0.25, -0.2) is 0 Å². The molecular formula is C15H12Cl3NO2. The van der Waals surface area contributed by atoms with E-state index in [4.69, 9.17) is 40.1 Å². The molecule has 3 nitrogen and oxygen atoms in total. The molecule has 2 aromatic rings. The van der Waals surface area contributed by atoms with Gasteiger partial charge in [0.05, 0.1) is 6.07 Å². The van der Waals surface area contributed by atoms with Crippen LogP contribution in [0.4, 0.5) is 0 Å². The second kappa shape index (κ2) is 8.63. The van der Waals surface area contributed by atoms with Gasteiger partial charge in [0, 0.05) is 16.5 Å². The average molecular weight is 345 g/mol. The number of nitrogens with zero attached hydrogens (tertiary/aromatic N) is 1. The topological polar surface area (TPSA) is 64.2 Å². The summed E-state index contributed by atoms with van der Waals surface area (Å²) in [5, 5.41) is 27.9. The summed E-state index contributed by atoms with van der Waals surface area (Å²) >= 11 is 16.5. The molecule has 2 aromatic carbocycles. The second-order valence-corrected chi connectivity index (χ2v) is 5.15. The standard InChI is InChI=1S/C13H10Cl2O2.C2H2ClN/c14-10-1-3-12(16)8(6-10)5-9-7-11(15)2-4-13(9)17;3-1-2-4/h1-4,6-7,16-17H,5H2;1H2. The number of benzene rings is 2. The van der Waals surface area contributed by atoms with Crippen LogP contribution in [0.5, 0.6) is 11.5 Å². The van der Waals surface area contributed by atoms with E-state index < -0.39 is 0 Å². The first-order chi connectivity index (χ1) is 9.97. The summed E-state index contributed by atoms with van der Waals surface area (Å²) in [4.78, 5) is 0. The average Bonchev–Trinajstić information content (AvgIpc) is 2.47. The third-order valence-electron chi connectivity index (χ3n) is 2.52. The normalized spacial score (nSPS) is 9.43. The molecule has 0 fully saturated rings. The first kappa shape index (κ1) is 17.5. The quantitative estimate of drug-likeness (QED) is 0.773. The van der Waals surface area contributed by atoms with Gasteiger partial charge in [-0.2, -0.15) is 5.26 Å². The minimum Gasteiger partial charge on any atom is -0.508 e. The molecule has 0 atom stereocenters. The van der Waals surface area contributed by atoms with Gasteiger partial charge in [0.2, 0.25) is 0 Å². The predicted octanol–water partition coefficient (Wildman–Crippen LogP) is 4.74. The van der Waals surface area contributed by atoms with Crippen molar-refractivity contribution in [2.24, 2.45) is 0 Å². The van der Waals surface area contributed by atoms with E-state index >= 15 is 0 Å². The van der Waals surface area contributed by atoms with Gasteiger partial charge >= 0.3 is 0 Å². The fourth-order valence-corrected chi connectivity index (χ4v) is 1.99. The minimum atomic E-state index is 0.0972. The monoisotopic (exact) mass is 343 g/mol. The van der Waals surface area contributed by atoms with Crippen LogP contribution in [0.1, 0.15) is 11.1 Å². The lowest BCUT2D eigenvalue weighted by molar-refractivity contribution is 0.463.